The molecule has 0 amide bonds. The molecular formula is C17H27N3. The van der Waals surface area contributed by atoms with Gasteiger partial charge in [-0.2, -0.15) is 0 Å². The molecule has 0 aliphatic heterocycles. The maximum absolute atomic E-state index is 4.14. The van der Waals surface area contributed by atoms with Gasteiger partial charge in [0.1, 0.15) is 0 Å². The molecule has 0 bridgehead atoms. The minimum atomic E-state index is 0.806. The Morgan fingerprint density at radius 1 is 0.800 bits per heavy atom. The molecule has 2 aromatic rings. The lowest BCUT2D eigenvalue weighted by atomic mass is 9.89. The first-order valence-electron chi connectivity index (χ1n) is 7.34. The Morgan fingerprint density at radius 2 is 1.25 bits per heavy atom. The fourth-order valence-electron chi connectivity index (χ4n) is 2.45. The van der Waals surface area contributed by atoms with E-state index < -0.39 is 0 Å². The molecule has 3 nitrogen and oxygen atoms in total. The number of nitrogens with zero attached hydrogens (tertiary/aromatic N) is 3. The van der Waals surface area contributed by atoms with Crippen LogP contribution in [0.5, 0.6) is 0 Å². The van der Waals surface area contributed by atoms with Crippen LogP contribution in [-0.4, -0.2) is 15.0 Å². The van der Waals surface area contributed by atoms with Crippen molar-refractivity contribution in [2.75, 3.05) is 0 Å². The molecule has 2 rings (SSSR count). The second-order valence-electron chi connectivity index (χ2n) is 5.16. The molecule has 0 N–H and O–H groups in total. The SMILES string of the molecule is CC.Cc1cn(Cc2c(C)c(C)c(C)c(C)c2C)nn1. The van der Waals surface area contributed by atoms with Gasteiger partial charge in [0, 0.05) is 6.20 Å². The average Bonchev–Trinajstić information content (AvgIpc) is 2.87. The van der Waals surface area contributed by atoms with E-state index in [0.29, 0.717) is 0 Å². The summed E-state index contributed by atoms with van der Waals surface area (Å²) in [6, 6.07) is 0. The molecule has 0 unspecified atom stereocenters. The van der Waals surface area contributed by atoms with E-state index in [0.717, 1.165) is 12.2 Å². The lowest BCUT2D eigenvalue weighted by molar-refractivity contribution is 0.644. The molecule has 0 aliphatic rings. The summed E-state index contributed by atoms with van der Waals surface area (Å²) in [5, 5.41) is 8.19. The number of hydrogen-bond acceptors (Lipinski definition) is 2. The van der Waals surface area contributed by atoms with E-state index in [1.807, 2.05) is 31.6 Å². The zero-order chi connectivity index (χ0) is 15.4. The van der Waals surface area contributed by atoms with Gasteiger partial charge in [-0.05, 0) is 74.9 Å². The smallest absolute Gasteiger partial charge is 0.0796 e. The fraction of sp³-hybridized carbons (Fsp3) is 0.529. The molecule has 1 aromatic carbocycles. The van der Waals surface area contributed by atoms with Crippen molar-refractivity contribution < 1.29 is 0 Å². The van der Waals surface area contributed by atoms with Crippen LogP contribution >= 0.6 is 0 Å². The molecule has 0 saturated carbocycles. The van der Waals surface area contributed by atoms with Gasteiger partial charge >= 0.3 is 0 Å². The van der Waals surface area contributed by atoms with Gasteiger partial charge < -0.3 is 0 Å². The molecule has 3 heteroatoms. The van der Waals surface area contributed by atoms with E-state index in [1.54, 1.807) is 0 Å². The highest BCUT2D eigenvalue weighted by Gasteiger charge is 2.12. The van der Waals surface area contributed by atoms with Crippen LogP contribution in [0, 0.1) is 41.5 Å². The maximum Gasteiger partial charge on any atom is 0.0796 e. The highest BCUT2D eigenvalue weighted by Crippen LogP contribution is 2.26. The molecule has 0 aliphatic carbocycles. The summed E-state index contributed by atoms with van der Waals surface area (Å²) in [5.74, 6) is 0. The summed E-state index contributed by atoms with van der Waals surface area (Å²) in [6.45, 7) is 17.8. The molecular weight excluding hydrogens is 246 g/mol. The Morgan fingerprint density at radius 3 is 1.65 bits per heavy atom. The first-order valence-corrected chi connectivity index (χ1v) is 7.34. The molecule has 0 spiro atoms. The largest absolute Gasteiger partial charge is 0.248 e. The number of hydrogen-bond donors (Lipinski definition) is 0. The van der Waals surface area contributed by atoms with E-state index in [-0.39, 0.29) is 0 Å². The van der Waals surface area contributed by atoms with Gasteiger partial charge in [-0.3, -0.25) is 0 Å². The summed E-state index contributed by atoms with van der Waals surface area (Å²) < 4.78 is 1.92. The van der Waals surface area contributed by atoms with Gasteiger partial charge in [-0.15, -0.1) is 5.10 Å². The summed E-state index contributed by atoms with van der Waals surface area (Å²) >= 11 is 0. The second kappa shape index (κ2) is 6.69. The van der Waals surface area contributed by atoms with Crippen LogP contribution < -0.4 is 0 Å². The van der Waals surface area contributed by atoms with E-state index >= 15 is 0 Å². The quantitative estimate of drug-likeness (QED) is 0.821. The van der Waals surface area contributed by atoms with Crippen LogP contribution in [0.15, 0.2) is 6.20 Å². The van der Waals surface area contributed by atoms with E-state index in [2.05, 4.69) is 44.9 Å². The number of aromatic nitrogens is 3. The fourth-order valence-corrected chi connectivity index (χ4v) is 2.45. The molecule has 0 radical (unpaired) electrons. The van der Waals surface area contributed by atoms with Crippen molar-refractivity contribution in [3.8, 4) is 0 Å². The normalized spacial score (nSPS) is 10.2. The van der Waals surface area contributed by atoms with Gasteiger partial charge in [-0.1, -0.05) is 19.1 Å². The zero-order valence-corrected chi connectivity index (χ0v) is 14.1. The lowest BCUT2D eigenvalue weighted by Crippen LogP contribution is -2.08. The molecule has 0 fully saturated rings. The summed E-state index contributed by atoms with van der Waals surface area (Å²) in [7, 11) is 0. The minimum Gasteiger partial charge on any atom is -0.248 e. The standard InChI is InChI=1S/C15H21N3.C2H6/c1-9-7-18(17-16-9)8-15-13(5)11(3)10(2)12(4)14(15)6;1-2/h7H,8H2,1-6H3;1-2H3. The van der Waals surface area contributed by atoms with E-state index in [9.17, 15) is 0 Å². The summed E-state index contributed by atoms with van der Waals surface area (Å²) in [5.41, 5.74) is 9.29. The van der Waals surface area contributed by atoms with Crippen molar-refractivity contribution in [3.05, 3.63) is 45.3 Å². The van der Waals surface area contributed by atoms with Crippen molar-refractivity contribution in [1.29, 1.82) is 0 Å². The Labute approximate surface area is 123 Å². The number of rotatable bonds is 2. The van der Waals surface area contributed by atoms with Crippen molar-refractivity contribution in [1.82, 2.24) is 15.0 Å². The lowest BCUT2D eigenvalue weighted by Gasteiger charge is -2.18. The number of benzene rings is 1. The van der Waals surface area contributed by atoms with Crippen LogP contribution in [-0.2, 0) is 6.54 Å². The average molecular weight is 273 g/mol. The summed E-state index contributed by atoms with van der Waals surface area (Å²) in [6.07, 6.45) is 1.99. The Hall–Kier alpha value is -1.64. The first kappa shape index (κ1) is 16.4. The van der Waals surface area contributed by atoms with Gasteiger partial charge in [0.2, 0.25) is 0 Å². The van der Waals surface area contributed by atoms with Crippen molar-refractivity contribution in [2.45, 2.75) is 61.9 Å². The predicted octanol–water partition coefficient (Wildman–Crippen LogP) is 4.20. The summed E-state index contributed by atoms with van der Waals surface area (Å²) in [4.78, 5) is 0. The topological polar surface area (TPSA) is 30.7 Å². The Balaban J connectivity index is 0.000000956. The van der Waals surface area contributed by atoms with Crippen LogP contribution in [0.2, 0.25) is 0 Å². The Bertz CT molecular complexity index is 566. The van der Waals surface area contributed by atoms with Gasteiger partial charge in [0.25, 0.3) is 0 Å². The highest BCUT2D eigenvalue weighted by atomic mass is 15.4. The van der Waals surface area contributed by atoms with Crippen molar-refractivity contribution in [3.63, 3.8) is 0 Å². The third-order valence-electron chi connectivity index (χ3n) is 4.13. The Kier molecular flexibility index (Phi) is 5.49. The van der Waals surface area contributed by atoms with Crippen LogP contribution in [0.25, 0.3) is 0 Å². The molecule has 1 heterocycles. The van der Waals surface area contributed by atoms with Crippen molar-refractivity contribution >= 4 is 0 Å². The predicted molar refractivity (Wildman–Crippen MR) is 85.3 cm³/mol. The number of aryl methyl sites for hydroxylation is 1. The molecule has 1 aromatic heterocycles. The van der Waals surface area contributed by atoms with Gasteiger partial charge in [-0.25, -0.2) is 4.68 Å². The van der Waals surface area contributed by atoms with Gasteiger partial charge in [0.05, 0.1) is 12.2 Å². The monoisotopic (exact) mass is 273 g/mol. The minimum absolute atomic E-state index is 0.806. The zero-order valence-electron chi connectivity index (χ0n) is 14.1. The molecule has 110 valence electrons. The van der Waals surface area contributed by atoms with Crippen LogP contribution in [0.4, 0.5) is 0 Å². The molecule has 20 heavy (non-hydrogen) atoms. The second-order valence-corrected chi connectivity index (χ2v) is 5.16. The van der Waals surface area contributed by atoms with Crippen molar-refractivity contribution in [2.24, 2.45) is 0 Å². The first-order chi connectivity index (χ1) is 9.41. The van der Waals surface area contributed by atoms with Crippen LogP contribution in [0.1, 0.15) is 52.9 Å². The highest BCUT2D eigenvalue weighted by molar-refractivity contribution is 5.49. The third kappa shape index (κ3) is 3.09. The van der Waals surface area contributed by atoms with E-state index in [4.69, 9.17) is 0 Å². The third-order valence-corrected chi connectivity index (χ3v) is 4.13. The van der Waals surface area contributed by atoms with Crippen LogP contribution in [0.3, 0.4) is 0 Å². The van der Waals surface area contributed by atoms with E-state index in [1.165, 1.54) is 33.4 Å². The molecule has 0 saturated heterocycles. The van der Waals surface area contributed by atoms with Gasteiger partial charge in [0.15, 0.2) is 0 Å². The maximum atomic E-state index is 4.14. The molecule has 0 atom stereocenters.